The van der Waals surface area contributed by atoms with Crippen LogP contribution in [0.5, 0.6) is 0 Å². The Morgan fingerprint density at radius 2 is 1.79 bits per heavy atom. The van der Waals surface area contributed by atoms with Crippen molar-refractivity contribution in [1.82, 2.24) is 16.0 Å². The second kappa shape index (κ2) is 10.3. The molecule has 0 aliphatic carbocycles. The number of hydrogen-bond acceptors (Lipinski definition) is 5. The molecule has 3 N–H and O–H groups in total. The van der Waals surface area contributed by atoms with Crippen LogP contribution in [-0.4, -0.2) is 36.0 Å². The number of nitrogens with one attached hydrogen (secondary N) is 3. The molecule has 178 valence electrons. The first-order chi connectivity index (χ1) is 16.1. The maximum Gasteiger partial charge on any atom is 0.416 e. The molecule has 8 nitrogen and oxygen atoms in total. The fourth-order valence-electron chi connectivity index (χ4n) is 3.42. The summed E-state index contributed by atoms with van der Waals surface area (Å²) in [5.74, 6) is -2.24. The van der Waals surface area contributed by atoms with E-state index in [1.54, 1.807) is 0 Å². The SMILES string of the molecule is O=Cc1c(CNC(=O)Cc2ccc(C(F)(F)F)cc2)cccc1C(=O)NC1CCC(=O)NC1=O. The van der Waals surface area contributed by atoms with Crippen molar-refractivity contribution < 1.29 is 37.1 Å². The molecule has 1 heterocycles. The first kappa shape index (κ1) is 24.6. The Labute approximate surface area is 191 Å². The standard InChI is InChI=1S/C23H20F3N3O5/c24-23(25,26)15-6-4-13(5-7-15)10-20(32)27-11-14-2-1-3-16(17(14)12-30)21(33)28-18-8-9-19(31)29-22(18)34/h1-7,12,18H,8-11H2,(H,27,32)(H,28,33)(H,29,31,34). The number of hydrogen-bond donors (Lipinski definition) is 3. The zero-order valence-corrected chi connectivity index (χ0v) is 17.7. The van der Waals surface area contributed by atoms with Gasteiger partial charge in [-0.15, -0.1) is 0 Å². The monoisotopic (exact) mass is 475 g/mol. The van der Waals surface area contributed by atoms with Crippen molar-refractivity contribution in [2.75, 3.05) is 0 Å². The Morgan fingerprint density at radius 3 is 2.41 bits per heavy atom. The first-order valence-corrected chi connectivity index (χ1v) is 10.2. The summed E-state index contributed by atoms with van der Waals surface area (Å²) in [6.07, 6.45) is -3.99. The highest BCUT2D eigenvalue weighted by Crippen LogP contribution is 2.29. The molecule has 0 saturated carbocycles. The van der Waals surface area contributed by atoms with E-state index < -0.39 is 41.4 Å². The predicted molar refractivity (Wildman–Crippen MR) is 112 cm³/mol. The second-order valence-corrected chi connectivity index (χ2v) is 7.62. The Morgan fingerprint density at radius 1 is 1.09 bits per heavy atom. The van der Waals surface area contributed by atoms with E-state index in [-0.39, 0.29) is 36.9 Å². The quantitative estimate of drug-likeness (QED) is 0.417. The van der Waals surface area contributed by atoms with Crippen molar-refractivity contribution in [3.63, 3.8) is 0 Å². The van der Waals surface area contributed by atoms with Gasteiger partial charge in [-0.3, -0.25) is 29.3 Å². The molecule has 4 amide bonds. The van der Waals surface area contributed by atoms with E-state index in [4.69, 9.17) is 0 Å². The van der Waals surface area contributed by atoms with Crippen molar-refractivity contribution in [2.24, 2.45) is 0 Å². The molecule has 1 aliphatic heterocycles. The molecule has 1 atom stereocenters. The number of aldehydes is 1. The van der Waals surface area contributed by atoms with Gasteiger partial charge in [0.15, 0.2) is 6.29 Å². The third-order valence-electron chi connectivity index (χ3n) is 5.23. The van der Waals surface area contributed by atoms with Crippen molar-refractivity contribution in [2.45, 2.75) is 38.0 Å². The van der Waals surface area contributed by atoms with Gasteiger partial charge in [-0.05, 0) is 35.7 Å². The Hall–Kier alpha value is -4.02. The van der Waals surface area contributed by atoms with Crippen LogP contribution in [0.1, 0.15) is 50.2 Å². The van der Waals surface area contributed by atoms with Gasteiger partial charge in [0.05, 0.1) is 17.5 Å². The van der Waals surface area contributed by atoms with Crippen molar-refractivity contribution in [1.29, 1.82) is 0 Å². The number of benzene rings is 2. The molecular formula is C23H20F3N3O5. The van der Waals surface area contributed by atoms with E-state index in [2.05, 4.69) is 16.0 Å². The summed E-state index contributed by atoms with van der Waals surface area (Å²) in [4.78, 5) is 59.7. The molecule has 1 aliphatic rings. The maximum atomic E-state index is 12.6. The minimum Gasteiger partial charge on any atom is -0.352 e. The second-order valence-electron chi connectivity index (χ2n) is 7.62. The van der Waals surface area contributed by atoms with Crippen LogP contribution >= 0.6 is 0 Å². The molecule has 34 heavy (non-hydrogen) atoms. The van der Waals surface area contributed by atoms with Crippen LogP contribution in [0.4, 0.5) is 13.2 Å². The molecule has 1 unspecified atom stereocenters. The fraction of sp³-hybridized carbons (Fsp3) is 0.261. The normalized spacial score (nSPS) is 15.9. The molecule has 1 saturated heterocycles. The summed E-state index contributed by atoms with van der Waals surface area (Å²) < 4.78 is 37.9. The van der Waals surface area contributed by atoms with Gasteiger partial charge in [0.25, 0.3) is 5.91 Å². The summed E-state index contributed by atoms with van der Waals surface area (Å²) in [6, 6.07) is 7.69. The molecule has 2 aromatic rings. The van der Waals surface area contributed by atoms with Crippen LogP contribution in [0.25, 0.3) is 0 Å². The Balaban J connectivity index is 1.64. The largest absolute Gasteiger partial charge is 0.416 e. The first-order valence-electron chi connectivity index (χ1n) is 10.2. The van der Waals surface area contributed by atoms with Gasteiger partial charge in [0.2, 0.25) is 17.7 Å². The predicted octanol–water partition coefficient (Wildman–Crippen LogP) is 1.91. The van der Waals surface area contributed by atoms with Crippen LogP contribution in [0.2, 0.25) is 0 Å². The van der Waals surface area contributed by atoms with Crippen molar-refractivity contribution in [3.8, 4) is 0 Å². The lowest BCUT2D eigenvalue weighted by molar-refractivity contribution is -0.138. The smallest absolute Gasteiger partial charge is 0.352 e. The van der Waals surface area contributed by atoms with Crippen molar-refractivity contribution >= 4 is 29.9 Å². The highest BCUT2D eigenvalue weighted by molar-refractivity contribution is 6.06. The van der Waals surface area contributed by atoms with Gasteiger partial charge in [0.1, 0.15) is 6.04 Å². The summed E-state index contributed by atoms with van der Waals surface area (Å²) in [6.45, 7) is -0.104. The van der Waals surface area contributed by atoms with E-state index in [0.717, 1.165) is 12.1 Å². The number of rotatable bonds is 7. The molecule has 0 bridgehead atoms. The zero-order valence-electron chi connectivity index (χ0n) is 17.7. The van der Waals surface area contributed by atoms with Crippen LogP contribution in [0, 0.1) is 0 Å². The van der Waals surface area contributed by atoms with Gasteiger partial charge < -0.3 is 10.6 Å². The fourth-order valence-corrected chi connectivity index (χ4v) is 3.42. The average molecular weight is 475 g/mol. The van der Waals surface area contributed by atoms with Gasteiger partial charge in [-0.2, -0.15) is 13.2 Å². The Kier molecular flexibility index (Phi) is 7.44. The molecule has 2 aromatic carbocycles. The number of amides is 4. The summed E-state index contributed by atoms with van der Waals surface area (Å²) in [7, 11) is 0. The van der Waals surface area contributed by atoms with E-state index in [9.17, 15) is 37.1 Å². The minimum absolute atomic E-state index is 0.00538. The number of imide groups is 1. The van der Waals surface area contributed by atoms with E-state index in [1.807, 2.05) is 0 Å². The lowest BCUT2D eigenvalue weighted by Gasteiger charge is -2.22. The van der Waals surface area contributed by atoms with Gasteiger partial charge in [-0.25, -0.2) is 0 Å². The van der Waals surface area contributed by atoms with Crippen molar-refractivity contribution in [3.05, 3.63) is 70.3 Å². The van der Waals surface area contributed by atoms with Gasteiger partial charge >= 0.3 is 6.18 Å². The lowest BCUT2D eigenvalue weighted by atomic mass is 9.99. The molecule has 1 fully saturated rings. The number of halogens is 3. The summed E-state index contributed by atoms with van der Waals surface area (Å²) >= 11 is 0. The minimum atomic E-state index is -4.47. The summed E-state index contributed by atoms with van der Waals surface area (Å²) in [5.41, 5.74) is -0.0961. The maximum absolute atomic E-state index is 12.6. The molecule has 0 aromatic heterocycles. The average Bonchev–Trinajstić information content (AvgIpc) is 2.79. The number of alkyl halides is 3. The third kappa shape index (κ3) is 6.06. The number of carbonyl (C=O) groups is 5. The third-order valence-corrected chi connectivity index (χ3v) is 5.23. The lowest BCUT2D eigenvalue weighted by Crippen LogP contribution is -2.52. The van der Waals surface area contributed by atoms with Gasteiger partial charge in [-0.1, -0.05) is 24.3 Å². The topological polar surface area (TPSA) is 121 Å². The van der Waals surface area contributed by atoms with E-state index in [0.29, 0.717) is 17.4 Å². The highest BCUT2D eigenvalue weighted by Gasteiger charge is 2.30. The van der Waals surface area contributed by atoms with Crippen LogP contribution in [-0.2, 0) is 33.5 Å². The van der Waals surface area contributed by atoms with E-state index >= 15 is 0 Å². The molecule has 11 heteroatoms. The Bertz CT molecular complexity index is 1130. The van der Waals surface area contributed by atoms with E-state index in [1.165, 1.54) is 30.3 Å². The van der Waals surface area contributed by atoms with Gasteiger partial charge in [0, 0.05) is 18.5 Å². The van der Waals surface area contributed by atoms with Crippen LogP contribution < -0.4 is 16.0 Å². The molecule has 0 spiro atoms. The highest BCUT2D eigenvalue weighted by atomic mass is 19.4. The zero-order chi connectivity index (χ0) is 24.9. The molecular weight excluding hydrogens is 455 g/mol. The number of piperidine rings is 1. The molecule has 0 radical (unpaired) electrons. The molecule has 3 rings (SSSR count). The summed E-state index contributed by atoms with van der Waals surface area (Å²) in [5, 5.41) is 7.19. The van der Waals surface area contributed by atoms with Crippen LogP contribution in [0.15, 0.2) is 42.5 Å². The van der Waals surface area contributed by atoms with Crippen LogP contribution in [0.3, 0.4) is 0 Å². The number of carbonyl (C=O) groups excluding carboxylic acids is 5.